The number of carbonyl (C=O) groups is 1. The third-order valence-corrected chi connectivity index (χ3v) is 5.16. The third kappa shape index (κ3) is 3.73. The van der Waals surface area contributed by atoms with Crippen molar-refractivity contribution in [2.24, 2.45) is 0 Å². The van der Waals surface area contributed by atoms with Crippen LogP contribution in [-0.4, -0.2) is 15.6 Å². The van der Waals surface area contributed by atoms with Crippen LogP contribution in [0.2, 0.25) is 0 Å². The van der Waals surface area contributed by atoms with Crippen LogP contribution in [0.5, 0.6) is 0 Å². The van der Waals surface area contributed by atoms with Crippen LogP contribution in [0.25, 0.3) is 5.69 Å². The maximum absolute atomic E-state index is 13.6. The zero-order valence-electron chi connectivity index (χ0n) is 15.6. The van der Waals surface area contributed by atoms with E-state index in [9.17, 15) is 13.6 Å². The van der Waals surface area contributed by atoms with E-state index in [1.54, 1.807) is 17.8 Å². The number of halogens is 2. The molecule has 1 aliphatic carbocycles. The minimum Gasteiger partial charge on any atom is -0.306 e. The maximum Gasteiger partial charge on any atom is 0.159 e. The van der Waals surface area contributed by atoms with Gasteiger partial charge in [-0.25, -0.2) is 13.5 Å². The Kier molecular flexibility index (Phi) is 5.05. The largest absolute Gasteiger partial charge is 0.306 e. The van der Waals surface area contributed by atoms with Crippen LogP contribution in [0.4, 0.5) is 8.78 Å². The Morgan fingerprint density at radius 2 is 2.00 bits per heavy atom. The fourth-order valence-corrected chi connectivity index (χ4v) is 3.79. The minimum atomic E-state index is -0.616. The van der Waals surface area contributed by atoms with Crippen molar-refractivity contribution in [2.45, 2.75) is 38.8 Å². The van der Waals surface area contributed by atoms with Gasteiger partial charge in [-0.3, -0.25) is 4.79 Å². The molecule has 3 aromatic rings. The second-order valence-electron chi connectivity index (χ2n) is 7.17. The number of Topliss-reactive ketones (excluding diaryl/α,β-unsaturated/α-hetero) is 1. The molecule has 4 rings (SSSR count). The number of hydrogen-bond acceptors (Lipinski definition) is 3. The average Bonchev–Trinajstić information content (AvgIpc) is 3.10. The van der Waals surface area contributed by atoms with Gasteiger partial charge < -0.3 is 5.32 Å². The molecule has 28 heavy (non-hydrogen) atoms. The smallest absolute Gasteiger partial charge is 0.159 e. The Morgan fingerprint density at radius 3 is 2.75 bits per heavy atom. The van der Waals surface area contributed by atoms with Crippen molar-refractivity contribution >= 4 is 5.78 Å². The van der Waals surface area contributed by atoms with Crippen molar-refractivity contribution in [1.82, 2.24) is 15.1 Å². The van der Waals surface area contributed by atoms with E-state index < -0.39 is 11.6 Å². The van der Waals surface area contributed by atoms with Gasteiger partial charge in [-0.15, -0.1) is 0 Å². The van der Waals surface area contributed by atoms with E-state index in [-0.39, 0.29) is 11.8 Å². The van der Waals surface area contributed by atoms with Crippen LogP contribution in [0, 0.1) is 11.6 Å². The van der Waals surface area contributed by atoms with E-state index in [1.165, 1.54) is 12.1 Å². The highest BCUT2D eigenvalue weighted by Crippen LogP contribution is 2.31. The summed E-state index contributed by atoms with van der Waals surface area (Å²) in [6.45, 7) is 2.19. The molecule has 2 aromatic carbocycles. The molecule has 4 nitrogen and oxygen atoms in total. The average molecular weight is 381 g/mol. The molecule has 0 fully saturated rings. The van der Waals surface area contributed by atoms with Crippen LogP contribution in [0.1, 0.15) is 53.0 Å². The second kappa shape index (κ2) is 7.64. The lowest BCUT2D eigenvalue weighted by atomic mass is 9.92. The Labute approximate surface area is 162 Å². The fraction of sp³-hybridized carbons (Fsp3) is 0.273. The summed E-state index contributed by atoms with van der Waals surface area (Å²) in [4.78, 5) is 11.6. The molecule has 1 aliphatic rings. The first kappa shape index (κ1) is 18.5. The molecule has 0 aliphatic heterocycles. The standard InChI is InChI=1S/C22H21F2N3O/c1-14(28)16-5-2-4-15(8-16)12-25-21-6-3-7-22-20(21)13-26-27(22)19-10-17(23)9-18(24)11-19/h2,4-5,8-11,13,21,25H,3,6-7,12H2,1H3. The summed E-state index contributed by atoms with van der Waals surface area (Å²) in [5.41, 5.74) is 4.17. The number of fused-ring (bicyclic) bond motifs is 1. The van der Waals surface area contributed by atoms with Crippen molar-refractivity contribution in [3.8, 4) is 5.69 Å². The Balaban J connectivity index is 1.56. The molecular weight excluding hydrogens is 360 g/mol. The van der Waals surface area contributed by atoms with E-state index >= 15 is 0 Å². The summed E-state index contributed by atoms with van der Waals surface area (Å²) < 4.78 is 28.8. The molecule has 6 heteroatoms. The van der Waals surface area contributed by atoms with E-state index in [2.05, 4.69) is 10.4 Å². The van der Waals surface area contributed by atoms with Crippen LogP contribution >= 0.6 is 0 Å². The van der Waals surface area contributed by atoms with Gasteiger partial charge in [0.05, 0.1) is 11.9 Å². The molecule has 1 N–H and O–H groups in total. The van der Waals surface area contributed by atoms with Gasteiger partial charge in [0.25, 0.3) is 0 Å². The first-order valence-corrected chi connectivity index (χ1v) is 9.38. The van der Waals surface area contributed by atoms with Crippen LogP contribution in [0.3, 0.4) is 0 Å². The summed E-state index contributed by atoms with van der Waals surface area (Å²) >= 11 is 0. The number of hydrogen-bond donors (Lipinski definition) is 1. The second-order valence-corrected chi connectivity index (χ2v) is 7.17. The van der Waals surface area contributed by atoms with Gasteiger partial charge in [0.1, 0.15) is 11.6 Å². The number of nitrogens with one attached hydrogen (secondary N) is 1. The monoisotopic (exact) mass is 381 g/mol. The van der Waals surface area contributed by atoms with Crippen LogP contribution in [0.15, 0.2) is 48.7 Å². The highest BCUT2D eigenvalue weighted by atomic mass is 19.1. The Bertz CT molecular complexity index is 1010. The van der Waals surface area contributed by atoms with Crippen molar-refractivity contribution in [3.63, 3.8) is 0 Å². The molecule has 1 unspecified atom stereocenters. The summed E-state index contributed by atoms with van der Waals surface area (Å²) in [6, 6.07) is 11.1. The summed E-state index contributed by atoms with van der Waals surface area (Å²) in [5, 5.41) is 7.93. The predicted octanol–water partition coefficient (Wildman–Crippen LogP) is 4.52. The lowest BCUT2D eigenvalue weighted by molar-refractivity contribution is 0.101. The maximum atomic E-state index is 13.6. The van der Waals surface area contributed by atoms with Gasteiger partial charge in [0, 0.05) is 35.5 Å². The highest BCUT2D eigenvalue weighted by Gasteiger charge is 2.24. The van der Waals surface area contributed by atoms with Gasteiger partial charge >= 0.3 is 0 Å². The number of carbonyl (C=O) groups excluding carboxylic acids is 1. The number of aromatic nitrogens is 2. The zero-order chi connectivity index (χ0) is 19.7. The Morgan fingerprint density at radius 1 is 1.21 bits per heavy atom. The van der Waals surface area contributed by atoms with E-state index in [4.69, 9.17) is 0 Å². The molecule has 0 saturated heterocycles. The van der Waals surface area contributed by atoms with Crippen LogP contribution < -0.4 is 5.32 Å². The van der Waals surface area contributed by atoms with Crippen molar-refractivity contribution in [2.75, 3.05) is 0 Å². The van der Waals surface area contributed by atoms with E-state index in [0.717, 1.165) is 42.1 Å². The first-order valence-electron chi connectivity index (χ1n) is 9.38. The van der Waals surface area contributed by atoms with E-state index in [0.29, 0.717) is 17.8 Å². The van der Waals surface area contributed by atoms with Gasteiger partial charge in [-0.2, -0.15) is 5.10 Å². The normalized spacial score (nSPS) is 16.0. The number of benzene rings is 2. The summed E-state index contributed by atoms with van der Waals surface area (Å²) in [6.07, 6.45) is 4.51. The van der Waals surface area contributed by atoms with Gasteiger partial charge in [0.15, 0.2) is 5.78 Å². The Hall–Kier alpha value is -2.86. The van der Waals surface area contributed by atoms with Crippen molar-refractivity contribution in [1.29, 1.82) is 0 Å². The highest BCUT2D eigenvalue weighted by molar-refractivity contribution is 5.94. The fourth-order valence-electron chi connectivity index (χ4n) is 3.79. The molecule has 0 saturated carbocycles. The van der Waals surface area contributed by atoms with Crippen molar-refractivity contribution in [3.05, 3.63) is 82.7 Å². The van der Waals surface area contributed by atoms with Gasteiger partial charge in [0.2, 0.25) is 0 Å². The molecule has 0 amide bonds. The number of ketones is 1. The molecule has 0 radical (unpaired) electrons. The molecule has 1 atom stereocenters. The van der Waals surface area contributed by atoms with Crippen LogP contribution in [-0.2, 0) is 13.0 Å². The number of nitrogens with zero attached hydrogens (tertiary/aromatic N) is 2. The quantitative estimate of drug-likeness (QED) is 0.661. The molecule has 1 aromatic heterocycles. The molecular formula is C22H21F2N3O. The molecule has 1 heterocycles. The molecule has 0 bridgehead atoms. The van der Waals surface area contributed by atoms with Crippen molar-refractivity contribution < 1.29 is 13.6 Å². The molecule has 0 spiro atoms. The zero-order valence-corrected chi connectivity index (χ0v) is 15.6. The summed E-state index contributed by atoms with van der Waals surface area (Å²) in [5.74, 6) is -1.18. The lowest BCUT2D eigenvalue weighted by Crippen LogP contribution is -2.25. The SMILES string of the molecule is CC(=O)c1cccc(CNC2CCCc3c2cnn3-c2cc(F)cc(F)c2)c1. The van der Waals surface area contributed by atoms with Gasteiger partial charge in [-0.05, 0) is 49.9 Å². The predicted molar refractivity (Wildman–Crippen MR) is 102 cm³/mol. The first-order chi connectivity index (χ1) is 13.5. The lowest BCUT2D eigenvalue weighted by Gasteiger charge is -2.24. The third-order valence-electron chi connectivity index (χ3n) is 5.16. The summed E-state index contributed by atoms with van der Waals surface area (Å²) in [7, 11) is 0. The van der Waals surface area contributed by atoms with Gasteiger partial charge in [-0.1, -0.05) is 18.2 Å². The minimum absolute atomic E-state index is 0.0467. The topological polar surface area (TPSA) is 46.9 Å². The van der Waals surface area contributed by atoms with E-state index in [1.807, 2.05) is 24.3 Å². The molecule has 144 valence electrons. The number of rotatable bonds is 5.